The summed E-state index contributed by atoms with van der Waals surface area (Å²) in [6.45, 7) is 1.52. The number of hydrogen-bond donors (Lipinski definition) is 2. The average Bonchev–Trinajstić information content (AvgIpc) is 3.56. The number of anilines is 1. The van der Waals surface area contributed by atoms with Crippen molar-refractivity contribution in [1.82, 2.24) is 14.7 Å². The number of nitrogens with one attached hydrogen (secondary N) is 1. The van der Waals surface area contributed by atoms with Gasteiger partial charge in [0.2, 0.25) is 18.3 Å². The molecule has 178 valence electrons. The van der Waals surface area contributed by atoms with E-state index in [1.165, 1.54) is 10.5 Å². The molecular formula is C25H24N5O5+. The van der Waals surface area contributed by atoms with Crippen molar-refractivity contribution in [3.8, 4) is 11.5 Å². The molecule has 0 saturated carbocycles. The van der Waals surface area contributed by atoms with E-state index in [1.54, 1.807) is 22.9 Å². The first-order valence-corrected chi connectivity index (χ1v) is 11.5. The zero-order chi connectivity index (χ0) is 23.9. The van der Waals surface area contributed by atoms with Gasteiger partial charge in [0.05, 0.1) is 12.6 Å². The predicted molar refractivity (Wildman–Crippen MR) is 126 cm³/mol. The molecule has 0 radical (unpaired) electrons. The number of aromatic nitrogens is 3. The van der Waals surface area contributed by atoms with E-state index in [1.807, 2.05) is 24.3 Å². The van der Waals surface area contributed by atoms with E-state index in [-0.39, 0.29) is 42.3 Å². The number of benzene rings is 1. The Labute approximate surface area is 199 Å². The molecule has 3 N–H and O–H groups in total. The molecule has 1 amide bonds. The number of hydrogen-bond acceptors (Lipinski definition) is 7. The average molecular weight is 474 g/mol. The standard InChI is InChI=1S/C25H23N5O5/c26-22-17(24(31)27-12-15-6-7-19-20(10-15)35-14-34-19)11-18-23(30(22)13-16-4-3-9-33-16)28-21-5-1-2-8-29(21)25(18)32/h1-2,5-8,10-11,16,26H,3-4,9,12-14H2,(H,27,31)/p+1/t16-/m0/s1. The Balaban J connectivity index is 1.40. The monoisotopic (exact) mass is 474 g/mol. The Morgan fingerprint density at radius 2 is 2.09 bits per heavy atom. The summed E-state index contributed by atoms with van der Waals surface area (Å²) in [5.74, 6) is 1.17. The SMILES string of the molecule is Nc1c(C(=O)NCc2ccc3c(c2)OCO3)cc2c(=O)n3ccccc3nc2[n+]1C[C@@H]1CCCO1. The summed E-state index contributed by atoms with van der Waals surface area (Å²) in [7, 11) is 0. The summed E-state index contributed by atoms with van der Waals surface area (Å²) in [5.41, 5.74) is 8.26. The molecule has 1 fully saturated rings. The first kappa shape index (κ1) is 21.4. The molecule has 0 aliphatic carbocycles. The van der Waals surface area contributed by atoms with Crippen LogP contribution in [0.4, 0.5) is 5.82 Å². The maximum atomic E-state index is 13.3. The van der Waals surface area contributed by atoms with E-state index in [0.717, 1.165) is 18.4 Å². The van der Waals surface area contributed by atoms with Crippen LogP contribution in [0, 0.1) is 0 Å². The summed E-state index contributed by atoms with van der Waals surface area (Å²) in [6.07, 6.45) is 3.43. The summed E-state index contributed by atoms with van der Waals surface area (Å²) in [5, 5.41) is 3.21. The molecule has 1 atom stereocenters. The van der Waals surface area contributed by atoms with E-state index in [9.17, 15) is 9.59 Å². The lowest BCUT2D eigenvalue weighted by Gasteiger charge is -2.15. The van der Waals surface area contributed by atoms with Crippen LogP contribution in [0.1, 0.15) is 28.8 Å². The largest absolute Gasteiger partial charge is 0.454 e. The number of carbonyl (C=O) groups excluding carboxylic acids is 1. The minimum atomic E-state index is -0.388. The van der Waals surface area contributed by atoms with Gasteiger partial charge >= 0.3 is 0 Å². The smallest absolute Gasteiger partial charge is 0.278 e. The van der Waals surface area contributed by atoms with Crippen LogP contribution >= 0.6 is 0 Å². The van der Waals surface area contributed by atoms with Gasteiger partial charge in [-0.3, -0.25) is 14.0 Å². The van der Waals surface area contributed by atoms with Crippen molar-refractivity contribution in [2.24, 2.45) is 0 Å². The first-order valence-electron chi connectivity index (χ1n) is 11.5. The van der Waals surface area contributed by atoms with Crippen molar-refractivity contribution in [3.05, 3.63) is 70.1 Å². The van der Waals surface area contributed by atoms with Gasteiger partial charge < -0.3 is 25.3 Å². The maximum Gasteiger partial charge on any atom is 0.278 e. The van der Waals surface area contributed by atoms with E-state index in [0.29, 0.717) is 41.3 Å². The highest BCUT2D eigenvalue weighted by Gasteiger charge is 2.27. The molecule has 35 heavy (non-hydrogen) atoms. The van der Waals surface area contributed by atoms with E-state index < -0.39 is 0 Å². The molecular weight excluding hydrogens is 450 g/mol. The van der Waals surface area contributed by atoms with Crippen molar-refractivity contribution < 1.29 is 23.6 Å². The molecule has 0 unspecified atom stereocenters. The number of ether oxygens (including phenoxy) is 3. The van der Waals surface area contributed by atoms with Crippen LogP contribution in [-0.4, -0.2) is 34.8 Å². The lowest BCUT2D eigenvalue weighted by atomic mass is 10.1. The summed E-state index contributed by atoms with van der Waals surface area (Å²) in [6, 6.07) is 12.4. The number of nitrogens with zero attached hydrogens (tertiary/aromatic N) is 3. The fraction of sp³-hybridized carbons (Fsp3) is 0.280. The second-order valence-corrected chi connectivity index (χ2v) is 8.64. The van der Waals surface area contributed by atoms with Crippen LogP contribution < -0.4 is 30.7 Å². The van der Waals surface area contributed by atoms with Gasteiger partial charge in [-0.25, -0.2) is 4.57 Å². The van der Waals surface area contributed by atoms with Gasteiger partial charge in [-0.1, -0.05) is 17.1 Å². The third kappa shape index (κ3) is 3.81. The first-order chi connectivity index (χ1) is 17.1. The minimum Gasteiger partial charge on any atom is -0.454 e. The van der Waals surface area contributed by atoms with Crippen LogP contribution in [0.2, 0.25) is 0 Å². The number of nitrogen functional groups attached to an aromatic ring is 1. The van der Waals surface area contributed by atoms with Gasteiger partial charge in [-0.15, -0.1) is 0 Å². The summed E-state index contributed by atoms with van der Waals surface area (Å²) in [4.78, 5) is 31.3. The van der Waals surface area contributed by atoms with Crippen LogP contribution in [-0.2, 0) is 17.8 Å². The van der Waals surface area contributed by atoms with Gasteiger partial charge in [0, 0.05) is 19.3 Å². The molecule has 2 aliphatic heterocycles. The molecule has 10 heteroatoms. The number of carbonyl (C=O) groups is 1. The second-order valence-electron chi connectivity index (χ2n) is 8.64. The normalized spacial score (nSPS) is 16.7. The Kier molecular flexibility index (Phi) is 5.22. The third-order valence-corrected chi connectivity index (χ3v) is 6.40. The van der Waals surface area contributed by atoms with Gasteiger partial charge in [0.25, 0.3) is 17.1 Å². The molecule has 1 saturated heterocycles. The molecule has 6 rings (SSSR count). The molecule has 0 spiro atoms. The Bertz CT molecular complexity index is 1530. The van der Waals surface area contributed by atoms with Gasteiger partial charge in [0.15, 0.2) is 11.5 Å². The van der Waals surface area contributed by atoms with Crippen LogP contribution in [0.15, 0.2) is 53.5 Å². The number of amides is 1. The Morgan fingerprint density at radius 1 is 1.20 bits per heavy atom. The number of rotatable bonds is 5. The quantitative estimate of drug-likeness (QED) is 0.333. The molecule has 5 heterocycles. The van der Waals surface area contributed by atoms with Crippen molar-refractivity contribution >= 4 is 28.4 Å². The molecule has 0 bridgehead atoms. The molecule has 4 aromatic rings. The lowest BCUT2D eigenvalue weighted by Crippen LogP contribution is -2.46. The second kappa shape index (κ2) is 8.55. The van der Waals surface area contributed by atoms with Crippen LogP contribution in [0.5, 0.6) is 11.5 Å². The lowest BCUT2D eigenvalue weighted by molar-refractivity contribution is -0.666. The van der Waals surface area contributed by atoms with Crippen molar-refractivity contribution in [3.63, 3.8) is 0 Å². The topological polar surface area (TPSA) is 121 Å². The third-order valence-electron chi connectivity index (χ3n) is 6.40. The number of nitrogens with two attached hydrogens (primary N) is 1. The van der Waals surface area contributed by atoms with Crippen LogP contribution in [0.3, 0.4) is 0 Å². The molecule has 2 aliphatic rings. The molecule has 3 aromatic heterocycles. The Morgan fingerprint density at radius 3 is 2.94 bits per heavy atom. The zero-order valence-electron chi connectivity index (χ0n) is 18.9. The molecule has 10 nitrogen and oxygen atoms in total. The Hall–Kier alpha value is -4.18. The summed E-state index contributed by atoms with van der Waals surface area (Å²) >= 11 is 0. The highest BCUT2D eigenvalue weighted by Crippen LogP contribution is 2.32. The fourth-order valence-electron chi connectivity index (χ4n) is 4.59. The van der Waals surface area contributed by atoms with E-state index in [4.69, 9.17) is 24.9 Å². The van der Waals surface area contributed by atoms with Crippen LogP contribution in [0.25, 0.3) is 16.7 Å². The highest BCUT2D eigenvalue weighted by atomic mass is 16.7. The predicted octanol–water partition coefficient (Wildman–Crippen LogP) is 1.56. The number of fused-ring (bicyclic) bond motifs is 3. The maximum absolute atomic E-state index is 13.3. The fourth-order valence-corrected chi connectivity index (χ4v) is 4.59. The zero-order valence-corrected chi connectivity index (χ0v) is 18.9. The van der Waals surface area contributed by atoms with Crippen molar-refractivity contribution in [2.45, 2.75) is 32.0 Å². The number of pyridine rings is 2. The van der Waals surface area contributed by atoms with E-state index >= 15 is 0 Å². The van der Waals surface area contributed by atoms with Crippen molar-refractivity contribution in [1.29, 1.82) is 0 Å². The summed E-state index contributed by atoms with van der Waals surface area (Å²) < 4.78 is 19.8. The van der Waals surface area contributed by atoms with Gasteiger partial charge in [-0.2, -0.15) is 0 Å². The minimum absolute atomic E-state index is 0.0616. The molecule has 1 aromatic carbocycles. The van der Waals surface area contributed by atoms with Gasteiger partial charge in [-0.05, 0) is 48.7 Å². The van der Waals surface area contributed by atoms with E-state index in [2.05, 4.69) is 5.32 Å². The highest BCUT2D eigenvalue weighted by molar-refractivity contribution is 6.00. The van der Waals surface area contributed by atoms with Crippen molar-refractivity contribution in [2.75, 3.05) is 19.1 Å². The van der Waals surface area contributed by atoms with Gasteiger partial charge in [0.1, 0.15) is 10.9 Å².